The van der Waals surface area contributed by atoms with Crippen molar-refractivity contribution < 1.29 is 5.11 Å². The van der Waals surface area contributed by atoms with Gasteiger partial charge in [-0.3, -0.25) is 4.98 Å². The maximum absolute atomic E-state index is 10.1. The summed E-state index contributed by atoms with van der Waals surface area (Å²) < 4.78 is 0. The molecule has 4 aromatic rings. The molecule has 0 bridgehead atoms. The second kappa shape index (κ2) is 6.62. The molecule has 0 aliphatic heterocycles. The Bertz CT molecular complexity index is 1010. The Balaban J connectivity index is 1.76. The standard InChI is InChI=1S/C23H17NO/c25-23-13-2-1-11-21(23)19-9-5-7-17(15-19)18-8-6-10-20(16-18)22-12-3-4-14-24-22/h1-16,25H. The number of para-hydroxylation sites is 1. The number of phenols is 1. The first-order valence-electron chi connectivity index (χ1n) is 8.21. The molecule has 0 atom stereocenters. The molecule has 1 heterocycles. The van der Waals surface area contributed by atoms with Crippen molar-refractivity contribution in [2.75, 3.05) is 0 Å². The van der Waals surface area contributed by atoms with E-state index in [-0.39, 0.29) is 0 Å². The molecule has 4 rings (SSSR count). The number of rotatable bonds is 3. The number of benzene rings is 3. The fraction of sp³-hybridized carbons (Fsp3) is 0. The fourth-order valence-corrected chi connectivity index (χ4v) is 2.98. The van der Waals surface area contributed by atoms with Crippen LogP contribution in [0, 0.1) is 0 Å². The van der Waals surface area contributed by atoms with Gasteiger partial charge in [0.25, 0.3) is 0 Å². The summed E-state index contributed by atoms with van der Waals surface area (Å²) in [6.45, 7) is 0. The van der Waals surface area contributed by atoms with Crippen LogP contribution in [0.1, 0.15) is 0 Å². The van der Waals surface area contributed by atoms with Gasteiger partial charge in [-0.2, -0.15) is 0 Å². The SMILES string of the molecule is Oc1ccccc1-c1cccc(-c2cccc(-c3ccccn3)c2)c1. The molecular formula is C23H17NO. The van der Waals surface area contributed by atoms with E-state index >= 15 is 0 Å². The minimum Gasteiger partial charge on any atom is -0.507 e. The molecule has 0 amide bonds. The van der Waals surface area contributed by atoms with Crippen LogP contribution in [0.4, 0.5) is 0 Å². The average Bonchev–Trinajstić information content (AvgIpc) is 2.69. The van der Waals surface area contributed by atoms with Crippen LogP contribution in [0.15, 0.2) is 97.2 Å². The molecule has 2 heteroatoms. The zero-order chi connectivity index (χ0) is 17.1. The van der Waals surface area contributed by atoms with Gasteiger partial charge in [-0.15, -0.1) is 0 Å². The van der Waals surface area contributed by atoms with Crippen molar-refractivity contribution >= 4 is 0 Å². The topological polar surface area (TPSA) is 33.1 Å². The highest BCUT2D eigenvalue weighted by molar-refractivity contribution is 5.78. The van der Waals surface area contributed by atoms with Crippen molar-refractivity contribution in [1.29, 1.82) is 0 Å². The Morgan fingerprint density at radius 3 is 1.92 bits per heavy atom. The Hall–Kier alpha value is -3.39. The smallest absolute Gasteiger partial charge is 0.123 e. The van der Waals surface area contributed by atoms with E-state index in [0.717, 1.165) is 33.5 Å². The molecule has 0 spiro atoms. The lowest BCUT2D eigenvalue weighted by molar-refractivity contribution is 0.477. The summed E-state index contributed by atoms with van der Waals surface area (Å²) in [6, 6.07) is 29.9. The molecule has 0 saturated carbocycles. The summed E-state index contributed by atoms with van der Waals surface area (Å²) in [7, 11) is 0. The number of aromatic hydroxyl groups is 1. The molecule has 1 N–H and O–H groups in total. The molecule has 3 aromatic carbocycles. The molecule has 0 aliphatic carbocycles. The lowest BCUT2D eigenvalue weighted by Gasteiger charge is -2.09. The van der Waals surface area contributed by atoms with Gasteiger partial charge in [0.15, 0.2) is 0 Å². The summed E-state index contributed by atoms with van der Waals surface area (Å²) in [5.74, 6) is 0.293. The van der Waals surface area contributed by atoms with E-state index in [1.165, 1.54) is 0 Å². The van der Waals surface area contributed by atoms with Gasteiger partial charge in [0.05, 0.1) is 5.69 Å². The first kappa shape index (κ1) is 15.2. The van der Waals surface area contributed by atoms with E-state index in [1.54, 1.807) is 12.3 Å². The monoisotopic (exact) mass is 323 g/mol. The van der Waals surface area contributed by atoms with Crippen LogP contribution in [-0.4, -0.2) is 10.1 Å². The second-order valence-corrected chi connectivity index (χ2v) is 5.89. The van der Waals surface area contributed by atoms with Gasteiger partial charge in [0.2, 0.25) is 0 Å². The van der Waals surface area contributed by atoms with Crippen molar-refractivity contribution in [3.05, 3.63) is 97.2 Å². The van der Waals surface area contributed by atoms with E-state index in [4.69, 9.17) is 0 Å². The van der Waals surface area contributed by atoms with Gasteiger partial charge in [0.1, 0.15) is 5.75 Å². The van der Waals surface area contributed by atoms with Crippen molar-refractivity contribution in [1.82, 2.24) is 4.98 Å². The van der Waals surface area contributed by atoms with E-state index in [1.807, 2.05) is 54.6 Å². The van der Waals surface area contributed by atoms with Crippen LogP contribution in [0.25, 0.3) is 33.5 Å². The molecule has 2 nitrogen and oxygen atoms in total. The van der Waals surface area contributed by atoms with Gasteiger partial charge in [-0.25, -0.2) is 0 Å². The molecule has 0 aliphatic rings. The predicted molar refractivity (Wildman–Crippen MR) is 102 cm³/mol. The van der Waals surface area contributed by atoms with Gasteiger partial charge >= 0.3 is 0 Å². The number of phenolic OH excluding ortho intramolecular Hbond substituents is 1. The van der Waals surface area contributed by atoms with E-state index in [9.17, 15) is 5.11 Å². The maximum atomic E-state index is 10.1. The van der Waals surface area contributed by atoms with Crippen LogP contribution < -0.4 is 0 Å². The average molecular weight is 323 g/mol. The number of nitrogens with zero attached hydrogens (tertiary/aromatic N) is 1. The molecule has 0 fully saturated rings. The number of pyridine rings is 1. The summed E-state index contributed by atoms with van der Waals surface area (Å²) in [4.78, 5) is 4.43. The normalized spacial score (nSPS) is 10.6. The lowest BCUT2D eigenvalue weighted by Crippen LogP contribution is -1.85. The van der Waals surface area contributed by atoms with Gasteiger partial charge in [0, 0.05) is 17.3 Å². The highest BCUT2D eigenvalue weighted by Crippen LogP contribution is 2.32. The molecule has 1 aromatic heterocycles. The van der Waals surface area contributed by atoms with Crippen molar-refractivity contribution in [2.45, 2.75) is 0 Å². The number of hydrogen-bond donors (Lipinski definition) is 1. The first-order valence-corrected chi connectivity index (χ1v) is 8.21. The van der Waals surface area contributed by atoms with Crippen molar-refractivity contribution in [2.24, 2.45) is 0 Å². The zero-order valence-electron chi connectivity index (χ0n) is 13.6. The summed E-state index contributed by atoms with van der Waals surface area (Å²) in [5.41, 5.74) is 6.12. The van der Waals surface area contributed by atoms with Crippen LogP contribution in [0.5, 0.6) is 5.75 Å². The van der Waals surface area contributed by atoms with Gasteiger partial charge in [-0.1, -0.05) is 60.7 Å². The van der Waals surface area contributed by atoms with Crippen LogP contribution in [0.2, 0.25) is 0 Å². The minimum atomic E-state index is 0.293. The van der Waals surface area contributed by atoms with Crippen LogP contribution in [0.3, 0.4) is 0 Å². The number of aromatic nitrogens is 1. The summed E-state index contributed by atoms with van der Waals surface area (Å²) in [5, 5.41) is 10.1. The van der Waals surface area contributed by atoms with Gasteiger partial charge < -0.3 is 5.11 Å². The number of hydrogen-bond acceptors (Lipinski definition) is 2. The van der Waals surface area contributed by atoms with E-state index in [0.29, 0.717) is 5.75 Å². The molecule has 0 unspecified atom stereocenters. The Morgan fingerprint density at radius 1 is 0.560 bits per heavy atom. The predicted octanol–water partition coefficient (Wildman–Crippen LogP) is 5.79. The molecule has 120 valence electrons. The zero-order valence-corrected chi connectivity index (χ0v) is 13.6. The lowest BCUT2D eigenvalue weighted by atomic mass is 9.97. The summed E-state index contributed by atoms with van der Waals surface area (Å²) in [6.07, 6.45) is 1.81. The third-order valence-electron chi connectivity index (χ3n) is 4.23. The Kier molecular flexibility index (Phi) is 4.01. The molecule has 0 saturated heterocycles. The largest absolute Gasteiger partial charge is 0.507 e. The molecular weight excluding hydrogens is 306 g/mol. The first-order chi connectivity index (χ1) is 12.3. The van der Waals surface area contributed by atoms with Crippen LogP contribution >= 0.6 is 0 Å². The highest BCUT2D eigenvalue weighted by Gasteiger charge is 2.06. The summed E-state index contributed by atoms with van der Waals surface area (Å²) >= 11 is 0. The van der Waals surface area contributed by atoms with E-state index < -0.39 is 0 Å². The third-order valence-corrected chi connectivity index (χ3v) is 4.23. The Labute approximate surface area is 147 Å². The Morgan fingerprint density at radius 2 is 1.20 bits per heavy atom. The van der Waals surface area contributed by atoms with Crippen molar-refractivity contribution in [3.8, 4) is 39.3 Å². The van der Waals surface area contributed by atoms with E-state index in [2.05, 4.69) is 35.3 Å². The quantitative estimate of drug-likeness (QED) is 0.518. The highest BCUT2D eigenvalue weighted by atomic mass is 16.3. The molecule has 25 heavy (non-hydrogen) atoms. The maximum Gasteiger partial charge on any atom is 0.123 e. The minimum absolute atomic E-state index is 0.293. The van der Waals surface area contributed by atoms with Crippen LogP contribution in [-0.2, 0) is 0 Å². The van der Waals surface area contributed by atoms with Gasteiger partial charge in [-0.05, 0) is 47.0 Å². The third kappa shape index (κ3) is 3.15. The second-order valence-electron chi connectivity index (χ2n) is 5.89. The van der Waals surface area contributed by atoms with Crippen molar-refractivity contribution in [3.63, 3.8) is 0 Å². The molecule has 0 radical (unpaired) electrons. The fourth-order valence-electron chi connectivity index (χ4n) is 2.98.